The molecule has 1 aromatic carbocycles. The highest BCUT2D eigenvalue weighted by atomic mass is 16.5. The van der Waals surface area contributed by atoms with Gasteiger partial charge in [0.1, 0.15) is 5.75 Å². The number of benzene rings is 1. The van der Waals surface area contributed by atoms with Crippen LogP contribution in [0.3, 0.4) is 0 Å². The van der Waals surface area contributed by atoms with E-state index in [1.807, 2.05) is 0 Å². The van der Waals surface area contributed by atoms with Crippen LogP contribution in [0.15, 0.2) is 18.2 Å². The summed E-state index contributed by atoms with van der Waals surface area (Å²) in [5.74, 6) is -0.417. The van der Waals surface area contributed by atoms with Gasteiger partial charge in [-0.15, -0.1) is 0 Å². The van der Waals surface area contributed by atoms with Crippen molar-refractivity contribution in [3.05, 3.63) is 23.8 Å². The standard InChI is InChI=1S/C13H13NO4/c15-11-7-18-10-6-8(2-3-9(10)14-11)13(12(16)17)4-1-5-13/h2-3,6H,1,4-5,7H2,(H,14,15)(H,16,17). The first-order chi connectivity index (χ1) is 8.62. The molecule has 3 rings (SSSR count). The Hall–Kier alpha value is -2.04. The minimum Gasteiger partial charge on any atom is -0.482 e. The largest absolute Gasteiger partial charge is 0.482 e. The van der Waals surface area contributed by atoms with Crippen LogP contribution in [0, 0.1) is 0 Å². The molecule has 1 heterocycles. The maximum absolute atomic E-state index is 11.4. The molecule has 1 amide bonds. The van der Waals surface area contributed by atoms with Crippen LogP contribution < -0.4 is 10.1 Å². The van der Waals surface area contributed by atoms with Gasteiger partial charge in [0.25, 0.3) is 5.91 Å². The summed E-state index contributed by atoms with van der Waals surface area (Å²) >= 11 is 0. The van der Waals surface area contributed by atoms with Gasteiger partial charge in [0.15, 0.2) is 6.61 Å². The molecule has 5 heteroatoms. The topological polar surface area (TPSA) is 75.6 Å². The van der Waals surface area contributed by atoms with Crippen LogP contribution in [-0.4, -0.2) is 23.6 Å². The molecule has 1 aliphatic heterocycles. The van der Waals surface area contributed by atoms with Crippen molar-refractivity contribution in [3.8, 4) is 5.75 Å². The van der Waals surface area contributed by atoms with Crippen LogP contribution in [0.1, 0.15) is 24.8 Å². The zero-order valence-electron chi connectivity index (χ0n) is 9.73. The molecule has 18 heavy (non-hydrogen) atoms. The van der Waals surface area contributed by atoms with E-state index in [-0.39, 0.29) is 12.5 Å². The number of ether oxygens (including phenoxy) is 1. The molecule has 1 aliphatic carbocycles. The summed E-state index contributed by atoms with van der Waals surface area (Å²) in [5.41, 5.74) is 0.603. The number of carbonyl (C=O) groups is 2. The second kappa shape index (κ2) is 3.73. The molecule has 1 fully saturated rings. The van der Waals surface area contributed by atoms with E-state index >= 15 is 0 Å². The minimum absolute atomic E-state index is 0.0173. The zero-order chi connectivity index (χ0) is 12.8. The molecule has 1 aromatic rings. The fourth-order valence-corrected chi connectivity index (χ4v) is 2.53. The molecule has 0 atom stereocenters. The van der Waals surface area contributed by atoms with Crippen LogP contribution in [0.25, 0.3) is 0 Å². The number of hydrogen-bond acceptors (Lipinski definition) is 3. The molecular weight excluding hydrogens is 234 g/mol. The Morgan fingerprint density at radius 2 is 2.17 bits per heavy atom. The van der Waals surface area contributed by atoms with Crippen molar-refractivity contribution in [2.75, 3.05) is 11.9 Å². The summed E-state index contributed by atoms with van der Waals surface area (Å²) in [6.07, 6.45) is 2.25. The lowest BCUT2D eigenvalue weighted by atomic mass is 9.64. The Kier molecular flexibility index (Phi) is 2.29. The van der Waals surface area contributed by atoms with E-state index < -0.39 is 11.4 Å². The van der Waals surface area contributed by atoms with E-state index in [9.17, 15) is 14.7 Å². The molecule has 0 bridgehead atoms. The molecule has 5 nitrogen and oxygen atoms in total. The predicted octanol–water partition coefficient (Wildman–Crippen LogP) is 1.52. The third-order valence-corrected chi connectivity index (χ3v) is 3.78. The van der Waals surface area contributed by atoms with E-state index in [1.54, 1.807) is 18.2 Å². The monoisotopic (exact) mass is 247 g/mol. The maximum atomic E-state index is 11.4. The fourth-order valence-electron chi connectivity index (χ4n) is 2.53. The molecular formula is C13H13NO4. The third-order valence-electron chi connectivity index (χ3n) is 3.78. The van der Waals surface area contributed by atoms with Gasteiger partial charge in [-0.2, -0.15) is 0 Å². The Labute approximate surface area is 104 Å². The van der Waals surface area contributed by atoms with Crippen molar-refractivity contribution in [2.24, 2.45) is 0 Å². The van der Waals surface area contributed by atoms with Crippen LogP contribution in [0.5, 0.6) is 5.75 Å². The number of carboxylic acids is 1. The number of fused-ring (bicyclic) bond motifs is 1. The molecule has 1 saturated carbocycles. The van der Waals surface area contributed by atoms with Crippen molar-refractivity contribution < 1.29 is 19.4 Å². The van der Waals surface area contributed by atoms with Crippen molar-refractivity contribution in [1.82, 2.24) is 0 Å². The van der Waals surface area contributed by atoms with Crippen LogP contribution in [0.4, 0.5) is 5.69 Å². The molecule has 2 aliphatic rings. The van der Waals surface area contributed by atoms with Crippen molar-refractivity contribution in [1.29, 1.82) is 0 Å². The third kappa shape index (κ3) is 1.47. The van der Waals surface area contributed by atoms with Gasteiger partial charge in [-0.3, -0.25) is 9.59 Å². The van der Waals surface area contributed by atoms with Gasteiger partial charge in [-0.1, -0.05) is 12.5 Å². The van der Waals surface area contributed by atoms with Gasteiger partial charge in [0.2, 0.25) is 0 Å². The average Bonchev–Trinajstić information content (AvgIpc) is 2.27. The van der Waals surface area contributed by atoms with Crippen molar-refractivity contribution in [2.45, 2.75) is 24.7 Å². The molecule has 0 spiro atoms. The zero-order valence-corrected chi connectivity index (χ0v) is 9.73. The number of amides is 1. The first-order valence-corrected chi connectivity index (χ1v) is 5.92. The quantitative estimate of drug-likeness (QED) is 0.830. The highest BCUT2D eigenvalue weighted by Crippen LogP contribution is 2.46. The lowest BCUT2D eigenvalue weighted by Crippen LogP contribution is -2.42. The molecule has 0 radical (unpaired) electrons. The smallest absolute Gasteiger partial charge is 0.314 e. The Balaban J connectivity index is 2.00. The number of carbonyl (C=O) groups excluding carboxylic acids is 1. The molecule has 0 aromatic heterocycles. The second-order valence-electron chi connectivity index (χ2n) is 4.79. The normalized spacial score (nSPS) is 20.1. The summed E-state index contributed by atoms with van der Waals surface area (Å²) in [6, 6.07) is 5.22. The number of anilines is 1. The van der Waals surface area contributed by atoms with Gasteiger partial charge < -0.3 is 15.2 Å². The number of carboxylic acid groups (broad SMARTS) is 1. The number of rotatable bonds is 2. The molecule has 0 unspecified atom stereocenters. The summed E-state index contributed by atoms with van der Waals surface area (Å²) < 4.78 is 5.31. The maximum Gasteiger partial charge on any atom is 0.314 e. The van der Waals surface area contributed by atoms with Crippen molar-refractivity contribution in [3.63, 3.8) is 0 Å². The van der Waals surface area contributed by atoms with Gasteiger partial charge in [-0.05, 0) is 30.5 Å². The summed E-state index contributed by atoms with van der Waals surface area (Å²) in [6.45, 7) is -0.0173. The van der Waals surface area contributed by atoms with Gasteiger partial charge in [0, 0.05) is 0 Å². The number of hydrogen-bond donors (Lipinski definition) is 2. The highest BCUT2D eigenvalue weighted by molar-refractivity contribution is 5.95. The van der Waals surface area contributed by atoms with E-state index in [1.165, 1.54) is 0 Å². The van der Waals surface area contributed by atoms with E-state index in [0.717, 1.165) is 12.0 Å². The first-order valence-electron chi connectivity index (χ1n) is 5.92. The Morgan fingerprint density at radius 1 is 1.39 bits per heavy atom. The number of aliphatic carboxylic acids is 1. The average molecular weight is 247 g/mol. The first kappa shape index (κ1) is 11.1. The lowest BCUT2D eigenvalue weighted by Gasteiger charge is -2.38. The summed E-state index contributed by atoms with van der Waals surface area (Å²) in [5, 5.41) is 12.1. The van der Waals surface area contributed by atoms with E-state index in [2.05, 4.69) is 5.32 Å². The molecule has 2 N–H and O–H groups in total. The molecule has 0 saturated heterocycles. The van der Waals surface area contributed by atoms with Gasteiger partial charge in [0.05, 0.1) is 11.1 Å². The van der Waals surface area contributed by atoms with E-state index in [4.69, 9.17) is 4.74 Å². The lowest BCUT2D eigenvalue weighted by molar-refractivity contribution is -0.147. The molecule has 94 valence electrons. The van der Waals surface area contributed by atoms with Gasteiger partial charge >= 0.3 is 5.97 Å². The van der Waals surface area contributed by atoms with Gasteiger partial charge in [-0.25, -0.2) is 0 Å². The van der Waals surface area contributed by atoms with Crippen LogP contribution in [0.2, 0.25) is 0 Å². The fraction of sp³-hybridized carbons (Fsp3) is 0.385. The van der Waals surface area contributed by atoms with Crippen LogP contribution >= 0.6 is 0 Å². The Bertz CT molecular complexity index is 534. The van der Waals surface area contributed by atoms with Crippen LogP contribution in [-0.2, 0) is 15.0 Å². The summed E-state index contributed by atoms with van der Waals surface area (Å²) in [7, 11) is 0. The minimum atomic E-state index is -0.784. The SMILES string of the molecule is O=C1COc2cc(C3(C(=O)O)CCC3)ccc2N1. The summed E-state index contributed by atoms with van der Waals surface area (Å²) in [4.78, 5) is 22.6. The second-order valence-corrected chi connectivity index (χ2v) is 4.79. The Morgan fingerprint density at radius 3 is 2.78 bits per heavy atom. The van der Waals surface area contributed by atoms with Crippen molar-refractivity contribution >= 4 is 17.6 Å². The van der Waals surface area contributed by atoms with E-state index in [0.29, 0.717) is 24.3 Å². The highest BCUT2D eigenvalue weighted by Gasteiger charge is 2.46. The number of nitrogens with one attached hydrogen (secondary N) is 1. The predicted molar refractivity (Wildman–Crippen MR) is 63.7 cm³/mol.